The summed E-state index contributed by atoms with van der Waals surface area (Å²) >= 11 is 0. The van der Waals surface area contributed by atoms with Crippen LogP contribution in [0.4, 0.5) is 31.1 Å². The molecule has 0 radical (unpaired) electrons. The predicted octanol–water partition coefficient (Wildman–Crippen LogP) is 4.55. The number of hydrogen-bond donors (Lipinski definition) is 1. The van der Waals surface area contributed by atoms with Crippen LogP contribution in [0.1, 0.15) is 43.7 Å². The smallest absolute Gasteiger partial charge is 0.434 e. The fourth-order valence-corrected chi connectivity index (χ4v) is 3.64. The van der Waals surface area contributed by atoms with Crippen LogP contribution < -0.4 is 4.74 Å². The Morgan fingerprint density at radius 3 is 2.09 bits per heavy atom. The maximum absolute atomic E-state index is 12.7. The highest BCUT2D eigenvalue weighted by Crippen LogP contribution is 2.42. The number of aliphatic carboxylic acids is 1. The van der Waals surface area contributed by atoms with Crippen molar-refractivity contribution in [3.8, 4) is 5.75 Å². The Morgan fingerprint density at radius 2 is 1.60 bits per heavy atom. The maximum Gasteiger partial charge on any atom is 0.434 e. The van der Waals surface area contributed by atoms with Gasteiger partial charge in [0.1, 0.15) is 5.75 Å². The van der Waals surface area contributed by atoms with E-state index < -0.39 is 36.1 Å². The topological polar surface area (TPSA) is 79.3 Å². The van der Waals surface area contributed by atoms with Gasteiger partial charge in [-0.2, -0.15) is 26.3 Å². The Labute approximate surface area is 197 Å². The van der Waals surface area contributed by atoms with Gasteiger partial charge in [0.15, 0.2) is 5.60 Å². The molecule has 7 nitrogen and oxygen atoms in total. The number of amides is 1. The van der Waals surface area contributed by atoms with Crippen LogP contribution in [-0.2, 0) is 16.1 Å². The zero-order valence-corrected chi connectivity index (χ0v) is 19.1. The SMILES string of the molecule is CC(C)(Oc1ccc(C2CC2)cc1CN1CCN(C(=O)OC(C(F)(F)F)C(F)(F)F)CC1)C(=O)O. The number of rotatable bonds is 7. The lowest BCUT2D eigenvalue weighted by Gasteiger charge is -2.35. The molecule has 35 heavy (non-hydrogen) atoms. The summed E-state index contributed by atoms with van der Waals surface area (Å²) in [5.74, 6) is -0.378. The molecule has 2 aliphatic rings. The van der Waals surface area contributed by atoms with Crippen LogP contribution in [0, 0.1) is 0 Å². The van der Waals surface area contributed by atoms with Crippen molar-refractivity contribution in [1.82, 2.24) is 9.80 Å². The van der Waals surface area contributed by atoms with Crippen LogP contribution in [0.5, 0.6) is 5.75 Å². The van der Waals surface area contributed by atoms with Gasteiger partial charge in [0.25, 0.3) is 6.10 Å². The fraction of sp³-hybridized carbons (Fsp3) is 0.636. The van der Waals surface area contributed by atoms with Gasteiger partial charge < -0.3 is 19.5 Å². The molecule has 0 bridgehead atoms. The zero-order valence-electron chi connectivity index (χ0n) is 19.1. The van der Waals surface area contributed by atoms with Crippen LogP contribution >= 0.6 is 0 Å². The summed E-state index contributed by atoms with van der Waals surface area (Å²) in [6.07, 6.45) is -15.4. The first kappa shape index (κ1) is 26.9. The standard InChI is InChI=1S/C22H26F6N2O5/c1-20(2,18(31)32)35-16-6-5-14(13-3-4-13)11-15(16)12-29-7-9-30(10-8-29)19(33)34-17(21(23,24)25)22(26,27)28/h5-6,11,13,17H,3-4,7-10,12H2,1-2H3,(H,31,32). The molecular formula is C22H26F6N2O5. The number of halogens is 6. The Balaban J connectivity index is 1.65. The quantitative estimate of drug-likeness (QED) is 0.540. The van der Waals surface area contributed by atoms with Gasteiger partial charge in [-0.25, -0.2) is 9.59 Å². The molecular weight excluding hydrogens is 486 g/mol. The fourth-order valence-electron chi connectivity index (χ4n) is 3.64. The van der Waals surface area contributed by atoms with Crippen molar-refractivity contribution in [2.24, 2.45) is 0 Å². The van der Waals surface area contributed by atoms with Gasteiger partial charge in [0.2, 0.25) is 0 Å². The van der Waals surface area contributed by atoms with Gasteiger partial charge in [-0.05, 0) is 44.2 Å². The molecule has 0 aromatic heterocycles. The lowest BCUT2D eigenvalue weighted by Crippen LogP contribution is -2.52. The number of nitrogens with zero attached hydrogens (tertiary/aromatic N) is 2. The number of benzene rings is 1. The Morgan fingerprint density at radius 1 is 1.03 bits per heavy atom. The minimum atomic E-state index is -5.78. The number of carboxylic acids is 1. The van der Waals surface area contributed by atoms with Gasteiger partial charge in [0, 0.05) is 38.3 Å². The molecule has 1 saturated carbocycles. The summed E-state index contributed by atoms with van der Waals surface area (Å²) < 4.78 is 85.5. The molecule has 1 amide bonds. The molecule has 1 aromatic rings. The second kappa shape index (κ2) is 9.75. The molecule has 1 aliphatic carbocycles. The van der Waals surface area contributed by atoms with Crippen molar-refractivity contribution in [1.29, 1.82) is 0 Å². The molecule has 1 aliphatic heterocycles. The first-order valence-corrected chi connectivity index (χ1v) is 10.9. The third-order valence-electron chi connectivity index (χ3n) is 5.85. The molecule has 0 atom stereocenters. The van der Waals surface area contributed by atoms with E-state index in [1.165, 1.54) is 13.8 Å². The van der Waals surface area contributed by atoms with Gasteiger partial charge in [0.05, 0.1) is 0 Å². The normalized spacial score (nSPS) is 18.0. The van der Waals surface area contributed by atoms with Crippen LogP contribution in [-0.4, -0.2) is 77.2 Å². The van der Waals surface area contributed by atoms with E-state index in [1.54, 1.807) is 6.07 Å². The van der Waals surface area contributed by atoms with Gasteiger partial charge in [-0.1, -0.05) is 12.1 Å². The summed E-state index contributed by atoms with van der Waals surface area (Å²) in [5.41, 5.74) is 0.285. The van der Waals surface area contributed by atoms with Crippen molar-refractivity contribution in [2.75, 3.05) is 26.2 Å². The number of carbonyl (C=O) groups is 2. The molecule has 0 unspecified atom stereocenters. The van der Waals surface area contributed by atoms with Crippen molar-refractivity contribution in [2.45, 2.75) is 63.2 Å². The van der Waals surface area contributed by atoms with Crippen LogP contribution in [0.15, 0.2) is 18.2 Å². The lowest BCUT2D eigenvalue weighted by molar-refractivity contribution is -0.308. The average molecular weight is 512 g/mol. The molecule has 3 rings (SSSR count). The van der Waals surface area contributed by atoms with E-state index in [0.717, 1.165) is 23.3 Å². The second-order valence-electron chi connectivity index (χ2n) is 9.17. The van der Waals surface area contributed by atoms with Crippen molar-refractivity contribution < 1.29 is 50.5 Å². The highest BCUT2D eigenvalue weighted by atomic mass is 19.4. The first-order chi connectivity index (χ1) is 16.1. The minimum absolute atomic E-state index is 0.138. The number of piperazine rings is 1. The van der Waals surface area contributed by atoms with Crippen molar-refractivity contribution in [3.05, 3.63) is 29.3 Å². The summed E-state index contributed by atoms with van der Waals surface area (Å²) in [6, 6.07) is 5.50. The monoisotopic (exact) mass is 512 g/mol. The van der Waals surface area contributed by atoms with E-state index in [2.05, 4.69) is 4.74 Å². The van der Waals surface area contributed by atoms with E-state index >= 15 is 0 Å². The van der Waals surface area contributed by atoms with E-state index in [9.17, 15) is 41.0 Å². The molecule has 1 aromatic carbocycles. The number of hydrogen-bond acceptors (Lipinski definition) is 5. The molecule has 1 saturated heterocycles. The van der Waals surface area contributed by atoms with Crippen LogP contribution in [0.25, 0.3) is 0 Å². The maximum atomic E-state index is 12.7. The number of carbonyl (C=O) groups excluding carboxylic acids is 1. The molecule has 2 fully saturated rings. The lowest BCUT2D eigenvalue weighted by atomic mass is 10.0. The summed E-state index contributed by atoms with van der Waals surface area (Å²) in [4.78, 5) is 26.1. The summed E-state index contributed by atoms with van der Waals surface area (Å²) in [5, 5.41) is 9.39. The Bertz CT molecular complexity index is 923. The van der Waals surface area contributed by atoms with Crippen LogP contribution in [0.2, 0.25) is 0 Å². The van der Waals surface area contributed by atoms with E-state index in [0.29, 0.717) is 23.8 Å². The van der Waals surface area contributed by atoms with E-state index in [4.69, 9.17) is 4.74 Å². The molecule has 196 valence electrons. The zero-order chi connectivity index (χ0) is 26.2. The third-order valence-corrected chi connectivity index (χ3v) is 5.85. The van der Waals surface area contributed by atoms with E-state index in [1.807, 2.05) is 17.0 Å². The molecule has 1 heterocycles. The third kappa shape index (κ3) is 6.92. The molecule has 13 heteroatoms. The number of carboxylic acid groups (broad SMARTS) is 1. The number of alkyl halides is 6. The minimum Gasteiger partial charge on any atom is -0.478 e. The van der Waals surface area contributed by atoms with Crippen molar-refractivity contribution >= 4 is 12.1 Å². The average Bonchev–Trinajstić information content (AvgIpc) is 3.57. The highest BCUT2D eigenvalue weighted by Gasteiger charge is 2.60. The summed E-state index contributed by atoms with van der Waals surface area (Å²) in [6.45, 7) is 3.16. The van der Waals surface area contributed by atoms with Crippen molar-refractivity contribution in [3.63, 3.8) is 0 Å². The highest BCUT2D eigenvalue weighted by molar-refractivity contribution is 5.76. The largest absolute Gasteiger partial charge is 0.478 e. The molecule has 0 spiro atoms. The second-order valence-corrected chi connectivity index (χ2v) is 9.17. The van der Waals surface area contributed by atoms with Gasteiger partial charge >= 0.3 is 24.4 Å². The first-order valence-electron chi connectivity index (χ1n) is 10.9. The Hall–Kier alpha value is -2.70. The van der Waals surface area contributed by atoms with Gasteiger partial charge in [-0.15, -0.1) is 0 Å². The van der Waals surface area contributed by atoms with Crippen LogP contribution in [0.3, 0.4) is 0 Å². The van der Waals surface area contributed by atoms with E-state index in [-0.39, 0.29) is 26.2 Å². The number of ether oxygens (including phenoxy) is 2. The Kier molecular flexibility index (Phi) is 7.49. The van der Waals surface area contributed by atoms with Gasteiger partial charge in [-0.3, -0.25) is 4.90 Å². The molecule has 1 N–H and O–H groups in total. The summed E-state index contributed by atoms with van der Waals surface area (Å²) in [7, 11) is 0. The predicted molar refractivity (Wildman–Crippen MR) is 110 cm³/mol.